The Morgan fingerprint density at radius 1 is 1.48 bits per heavy atom. The van der Waals surface area contributed by atoms with Gasteiger partial charge in [-0.3, -0.25) is 14.9 Å². The quantitative estimate of drug-likeness (QED) is 0.631. The predicted molar refractivity (Wildman–Crippen MR) is 80.3 cm³/mol. The Kier molecular flexibility index (Phi) is 4.74. The summed E-state index contributed by atoms with van der Waals surface area (Å²) in [5.74, 6) is -0.156. The SMILES string of the molecule is CN1CCC(CNc2ccc(C(N)=O)cc2[N+](=O)[O-])CC1. The molecule has 1 heterocycles. The summed E-state index contributed by atoms with van der Waals surface area (Å²) in [6.45, 7) is 2.80. The van der Waals surface area contributed by atoms with Crippen LogP contribution >= 0.6 is 0 Å². The van der Waals surface area contributed by atoms with Gasteiger partial charge in [-0.2, -0.15) is 0 Å². The van der Waals surface area contributed by atoms with Gasteiger partial charge < -0.3 is 16.0 Å². The highest BCUT2D eigenvalue weighted by atomic mass is 16.6. The monoisotopic (exact) mass is 292 g/mol. The summed E-state index contributed by atoms with van der Waals surface area (Å²) in [6.07, 6.45) is 2.16. The van der Waals surface area contributed by atoms with Crippen LogP contribution in [-0.2, 0) is 0 Å². The highest BCUT2D eigenvalue weighted by Crippen LogP contribution is 2.26. The van der Waals surface area contributed by atoms with Crippen molar-refractivity contribution in [2.24, 2.45) is 11.7 Å². The maximum absolute atomic E-state index is 11.1. The van der Waals surface area contributed by atoms with E-state index in [1.54, 1.807) is 6.07 Å². The van der Waals surface area contributed by atoms with E-state index in [4.69, 9.17) is 5.73 Å². The lowest BCUT2D eigenvalue weighted by molar-refractivity contribution is -0.384. The van der Waals surface area contributed by atoms with Gasteiger partial charge in [0, 0.05) is 18.2 Å². The van der Waals surface area contributed by atoms with E-state index in [1.165, 1.54) is 12.1 Å². The number of primary amides is 1. The maximum atomic E-state index is 11.1. The number of benzene rings is 1. The molecular formula is C14H20N4O3. The van der Waals surface area contributed by atoms with Gasteiger partial charge in [0.2, 0.25) is 5.91 Å². The Morgan fingerprint density at radius 2 is 2.14 bits per heavy atom. The zero-order chi connectivity index (χ0) is 15.4. The minimum Gasteiger partial charge on any atom is -0.379 e. The molecule has 0 aliphatic carbocycles. The van der Waals surface area contributed by atoms with Crippen molar-refractivity contribution in [1.82, 2.24) is 4.90 Å². The molecular weight excluding hydrogens is 272 g/mol. The number of anilines is 1. The number of nitro benzene ring substituents is 1. The summed E-state index contributed by atoms with van der Waals surface area (Å²) in [7, 11) is 2.09. The summed E-state index contributed by atoms with van der Waals surface area (Å²) in [5, 5.41) is 14.2. The number of nitrogens with two attached hydrogens (primary N) is 1. The summed E-state index contributed by atoms with van der Waals surface area (Å²) in [6, 6.07) is 4.28. The first-order chi connectivity index (χ1) is 9.97. The average Bonchev–Trinajstić information content (AvgIpc) is 2.46. The van der Waals surface area contributed by atoms with Crippen molar-refractivity contribution in [3.63, 3.8) is 0 Å². The van der Waals surface area contributed by atoms with Gasteiger partial charge in [-0.15, -0.1) is 0 Å². The van der Waals surface area contributed by atoms with Gasteiger partial charge >= 0.3 is 0 Å². The summed E-state index contributed by atoms with van der Waals surface area (Å²) < 4.78 is 0. The number of amides is 1. The van der Waals surface area contributed by atoms with E-state index < -0.39 is 10.8 Å². The number of nitro groups is 1. The van der Waals surface area contributed by atoms with Crippen molar-refractivity contribution in [1.29, 1.82) is 0 Å². The van der Waals surface area contributed by atoms with E-state index in [0.29, 0.717) is 18.2 Å². The number of hydrogen-bond acceptors (Lipinski definition) is 5. The van der Waals surface area contributed by atoms with Gasteiger partial charge in [0.1, 0.15) is 5.69 Å². The van der Waals surface area contributed by atoms with Crippen molar-refractivity contribution < 1.29 is 9.72 Å². The van der Waals surface area contributed by atoms with Crippen LogP contribution in [0, 0.1) is 16.0 Å². The lowest BCUT2D eigenvalue weighted by atomic mass is 9.97. The molecule has 1 aliphatic rings. The third-order valence-corrected chi connectivity index (χ3v) is 3.90. The van der Waals surface area contributed by atoms with Crippen LogP contribution in [0.1, 0.15) is 23.2 Å². The molecule has 0 bridgehead atoms. The second kappa shape index (κ2) is 6.53. The van der Waals surface area contributed by atoms with E-state index >= 15 is 0 Å². The van der Waals surface area contributed by atoms with Gasteiger partial charge in [0.15, 0.2) is 0 Å². The highest BCUT2D eigenvalue weighted by molar-refractivity contribution is 5.94. The summed E-state index contributed by atoms with van der Waals surface area (Å²) in [4.78, 5) is 24.0. The van der Waals surface area contributed by atoms with Crippen LogP contribution in [0.5, 0.6) is 0 Å². The topological polar surface area (TPSA) is 102 Å². The van der Waals surface area contributed by atoms with Gasteiger partial charge in [-0.1, -0.05) is 0 Å². The molecule has 1 aromatic rings. The molecule has 7 nitrogen and oxygen atoms in total. The van der Waals surface area contributed by atoms with Crippen LogP contribution in [0.2, 0.25) is 0 Å². The number of hydrogen-bond donors (Lipinski definition) is 2. The number of nitrogens with one attached hydrogen (secondary N) is 1. The molecule has 0 atom stereocenters. The van der Waals surface area contributed by atoms with Crippen molar-refractivity contribution in [2.75, 3.05) is 32.0 Å². The molecule has 0 saturated carbocycles. The number of rotatable bonds is 5. The van der Waals surface area contributed by atoms with Crippen molar-refractivity contribution >= 4 is 17.3 Å². The molecule has 2 rings (SSSR count). The molecule has 7 heteroatoms. The molecule has 0 radical (unpaired) electrons. The van der Waals surface area contributed by atoms with Crippen LogP contribution < -0.4 is 11.1 Å². The molecule has 1 saturated heterocycles. The molecule has 1 fully saturated rings. The molecule has 1 aliphatic heterocycles. The van der Waals surface area contributed by atoms with Gasteiger partial charge in [-0.05, 0) is 51.0 Å². The van der Waals surface area contributed by atoms with Crippen molar-refractivity contribution in [2.45, 2.75) is 12.8 Å². The maximum Gasteiger partial charge on any atom is 0.293 e. The first-order valence-corrected chi connectivity index (χ1v) is 6.98. The lowest BCUT2D eigenvalue weighted by Crippen LogP contribution is -2.33. The average molecular weight is 292 g/mol. The minimum absolute atomic E-state index is 0.112. The molecule has 1 aromatic carbocycles. The lowest BCUT2D eigenvalue weighted by Gasteiger charge is -2.29. The van der Waals surface area contributed by atoms with Crippen LogP contribution in [-0.4, -0.2) is 42.4 Å². The van der Waals surface area contributed by atoms with E-state index in [1.807, 2.05) is 0 Å². The fourth-order valence-electron chi connectivity index (χ4n) is 2.51. The van der Waals surface area contributed by atoms with E-state index in [0.717, 1.165) is 25.9 Å². The third kappa shape index (κ3) is 3.91. The summed E-state index contributed by atoms with van der Waals surface area (Å²) in [5.41, 5.74) is 5.62. The van der Waals surface area contributed by atoms with Crippen LogP contribution in [0.25, 0.3) is 0 Å². The number of carbonyl (C=O) groups excluding carboxylic acids is 1. The van der Waals surface area contributed by atoms with E-state index in [2.05, 4.69) is 17.3 Å². The zero-order valence-electron chi connectivity index (χ0n) is 12.0. The number of piperidine rings is 1. The number of likely N-dealkylation sites (tertiary alicyclic amines) is 1. The van der Waals surface area contributed by atoms with Crippen molar-refractivity contribution in [3.8, 4) is 0 Å². The third-order valence-electron chi connectivity index (χ3n) is 3.90. The highest BCUT2D eigenvalue weighted by Gasteiger charge is 2.20. The van der Waals surface area contributed by atoms with Crippen molar-refractivity contribution in [3.05, 3.63) is 33.9 Å². The molecule has 0 aromatic heterocycles. The fourth-order valence-corrected chi connectivity index (χ4v) is 2.51. The molecule has 0 unspecified atom stereocenters. The fraction of sp³-hybridized carbons (Fsp3) is 0.500. The normalized spacial score (nSPS) is 16.6. The minimum atomic E-state index is -0.667. The Labute approximate surface area is 123 Å². The molecule has 3 N–H and O–H groups in total. The second-order valence-corrected chi connectivity index (χ2v) is 5.48. The number of carbonyl (C=O) groups is 1. The standard InChI is InChI=1S/C14H20N4O3/c1-17-6-4-10(5-7-17)9-16-12-3-2-11(14(15)19)8-13(12)18(20)21/h2-3,8,10,16H,4-7,9H2,1H3,(H2,15,19). The first-order valence-electron chi connectivity index (χ1n) is 6.98. The largest absolute Gasteiger partial charge is 0.379 e. The Morgan fingerprint density at radius 3 is 2.71 bits per heavy atom. The van der Waals surface area contributed by atoms with Gasteiger partial charge in [-0.25, -0.2) is 0 Å². The van der Waals surface area contributed by atoms with Gasteiger partial charge in [0.05, 0.1) is 4.92 Å². The Bertz CT molecular complexity index is 539. The number of nitrogens with zero attached hydrogens (tertiary/aromatic N) is 2. The summed E-state index contributed by atoms with van der Waals surface area (Å²) >= 11 is 0. The predicted octanol–water partition coefficient (Wildman–Crippen LogP) is 1.45. The molecule has 0 spiro atoms. The Hall–Kier alpha value is -2.15. The molecule has 114 valence electrons. The van der Waals surface area contributed by atoms with E-state index in [9.17, 15) is 14.9 Å². The van der Waals surface area contributed by atoms with Crippen LogP contribution in [0.3, 0.4) is 0 Å². The Balaban J connectivity index is 2.05. The smallest absolute Gasteiger partial charge is 0.293 e. The second-order valence-electron chi connectivity index (χ2n) is 5.48. The van der Waals surface area contributed by atoms with Gasteiger partial charge in [0.25, 0.3) is 5.69 Å². The molecule has 21 heavy (non-hydrogen) atoms. The van der Waals surface area contributed by atoms with E-state index in [-0.39, 0.29) is 11.3 Å². The van der Waals surface area contributed by atoms with Crippen LogP contribution in [0.4, 0.5) is 11.4 Å². The first kappa shape index (κ1) is 15.2. The zero-order valence-corrected chi connectivity index (χ0v) is 12.0. The van der Waals surface area contributed by atoms with Crippen LogP contribution in [0.15, 0.2) is 18.2 Å². The molecule has 1 amide bonds.